The highest BCUT2D eigenvalue weighted by Crippen LogP contribution is 2.23. The first-order valence-electron chi connectivity index (χ1n) is 10.7. The monoisotopic (exact) mass is 486 g/mol. The molecule has 3 rings (SSSR count). The first-order chi connectivity index (χ1) is 16.3. The van der Waals surface area contributed by atoms with Gasteiger partial charge in [-0.15, -0.1) is 10.2 Å². The SMILES string of the molecule is CCc1ccccc1NC(=O)CN(C)C(=O)C(C)Sc1nnc(COc2ccc(F)cc2)n1N. The van der Waals surface area contributed by atoms with Gasteiger partial charge in [0.15, 0.2) is 5.82 Å². The molecule has 180 valence electrons. The van der Waals surface area contributed by atoms with Gasteiger partial charge < -0.3 is 20.8 Å². The number of nitrogens with two attached hydrogens (primary N) is 1. The zero-order chi connectivity index (χ0) is 24.7. The third kappa shape index (κ3) is 6.47. The summed E-state index contributed by atoms with van der Waals surface area (Å²) >= 11 is 1.12. The zero-order valence-corrected chi connectivity index (χ0v) is 20.0. The van der Waals surface area contributed by atoms with E-state index < -0.39 is 5.25 Å². The van der Waals surface area contributed by atoms with Gasteiger partial charge >= 0.3 is 0 Å². The van der Waals surface area contributed by atoms with E-state index in [1.165, 1.54) is 33.8 Å². The Morgan fingerprint density at radius 2 is 1.91 bits per heavy atom. The van der Waals surface area contributed by atoms with Crippen LogP contribution in [0.15, 0.2) is 53.7 Å². The standard InChI is InChI=1S/C23H27FN6O3S/c1-4-16-7-5-6-8-19(16)26-21(31)13-29(3)22(32)15(2)34-23-28-27-20(30(23)25)14-33-18-11-9-17(24)10-12-18/h5-12,15H,4,13-14,25H2,1-3H3,(H,26,31). The van der Waals surface area contributed by atoms with Crippen LogP contribution in [0.5, 0.6) is 5.75 Å². The zero-order valence-electron chi connectivity index (χ0n) is 19.2. The molecule has 0 aliphatic heterocycles. The molecule has 0 saturated carbocycles. The van der Waals surface area contributed by atoms with Crippen molar-refractivity contribution in [2.45, 2.75) is 37.3 Å². The number of nitrogens with zero attached hydrogens (tertiary/aromatic N) is 4. The molecular formula is C23H27FN6O3S. The summed E-state index contributed by atoms with van der Waals surface area (Å²) in [6.07, 6.45) is 0.787. The lowest BCUT2D eigenvalue weighted by Gasteiger charge is -2.20. The number of aryl methyl sites for hydroxylation is 1. The molecule has 0 radical (unpaired) electrons. The molecule has 0 saturated heterocycles. The fraction of sp³-hybridized carbons (Fsp3) is 0.304. The van der Waals surface area contributed by atoms with Gasteiger partial charge in [-0.1, -0.05) is 36.9 Å². The quantitative estimate of drug-likeness (QED) is 0.334. The highest BCUT2D eigenvalue weighted by Gasteiger charge is 2.24. The summed E-state index contributed by atoms with van der Waals surface area (Å²) in [6.45, 7) is 3.65. The van der Waals surface area contributed by atoms with Crippen molar-refractivity contribution in [3.05, 3.63) is 65.7 Å². The molecule has 2 aromatic carbocycles. The van der Waals surface area contributed by atoms with Crippen molar-refractivity contribution in [1.29, 1.82) is 0 Å². The van der Waals surface area contributed by atoms with E-state index in [9.17, 15) is 14.0 Å². The van der Waals surface area contributed by atoms with Crippen LogP contribution < -0.4 is 15.9 Å². The predicted molar refractivity (Wildman–Crippen MR) is 128 cm³/mol. The van der Waals surface area contributed by atoms with E-state index in [-0.39, 0.29) is 30.8 Å². The Kier molecular flexibility index (Phi) is 8.47. The van der Waals surface area contributed by atoms with E-state index in [1.807, 2.05) is 31.2 Å². The molecule has 0 fully saturated rings. The molecule has 3 aromatic rings. The smallest absolute Gasteiger partial charge is 0.243 e. The number of likely N-dealkylation sites (N-methyl/N-ethyl adjacent to an activating group) is 1. The molecule has 1 heterocycles. The van der Waals surface area contributed by atoms with Crippen LogP contribution in [0.25, 0.3) is 0 Å². The van der Waals surface area contributed by atoms with Gasteiger partial charge in [-0.3, -0.25) is 9.59 Å². The maximum absolute atomic E-state index is 13.0. The van der Waals surface area contributed by atoms with Gasteiger partial charge in [-0.2, -0.15) is 0 Å². The minimum Gasteiger partial charge on any atom is -0.486 e. The number of anilines is 1. The van der Waals surface area contributed by atoms with Crippen molar-refractivity contribution >= 4 is 29.3 Å². The third-order valence-electron chi connectivity index (χ3n) is 4.98. The highest BCUT2D eigenvalue weighted by molar-refractivity contribution is 8.00. The van der Waals surface area contributed by atoms with Crippen LogP contribution in [-0.4, -0.2) is 50.4 Å². The van der Waals surface area contributed by atoms with Crippen molar-refractivity contribution in [3.63, 3.8) is 0 Å². The van der Waals surface area contributed by atoms with Crippen LogP contribution >= 0.6 is 11.8 Å². The Hall–Kier alpha value is -3.60. The van der Waals surface area contributed by atoms with Crippen LogP contribution in [0.3, 0.4) is 0 Å². The van der Waals surface area contributed by atoms with E-state index in [4.69, 9.17) is 10.6 Å². The van der Waals surface area contributed by atoms with E-state index in [2.05, 4.69) is 15.5 Å². The van der Waals surface area contributed by atoms with Gasteiger partial charge in [0.1, 0.15) is 18.2 Å². The van der Waals surface area contributed by atoms with Gasteiger partial charge in [0, 0.05) is 12.7 Å². The number of thioether (sulfide) groups is 1. The summed E-state index contributed by atoms with van der Waals surface area (Å²) in [5.41, 5.74) is 1.76. The highest BCUT2D eigenvalue weighted by atomic mass is 32.2. The summed E-state index contributed by atoms with van der Waals surface area (Å²) in [4.78, 5) is 26.6. The van der Waals surface area contributed by atoms with E-state index in [1.54, 1.807) is 14.0 Å². The van der Waals surface area contributed by atoms with Gasteiger partial charge in [-0.05, 0) is 49.2 Å². The number of halogens is 1. The number of nitrogens with one attached hydrogen (secondary N) is 1. The average molecular weight is 487 g/mol. The number of carbonyl (C=O) groups is 2. The van der Waals surface area contributed by atoms with Crippen LogP contribution in [0, 0.1) is 5.82 Å². The summed E-state index contributed by atoms with van der Waals surface area (Å²) in [5.74, 6) is 5.96. The van der Waals surface area contributed by atoms with Crippen LogP contribution in [0.4, 0.5) is 10.1 Å². The molecular weight excluding hydrogens is 459 g/mol. The number of para-hydroxylation sites is 1. The van der Waals surface area contributed by atoms with Crippen molar-refractivity contribution in [1.82, 2.24) is 19.8 Å². The number of hydrogen-bond donors (Lipinski definition) is 2. The number of nitrogen functional groups attached to an aromatic ring is 1. The Labute approximate surface area is 201 Å². The first-order valence-corrected chi connectivity index (χ1v) is 11.5. The maximum atomic E-state index is 13.0. The Morgan fingerprint density at radius 3 is 2.62 bits per heavy atom. The topological polar surface area (TPSA) is 115 Å². The van der Waals surface area contributed by atoms with E-state index in [0.717, 1.165) is 29.4 Å². The average Bonchev–Trinajstić information content (AvgIpc) is 3.17. The van der Waals surface area contributed by atoms with Crippen molar-refractivity contribution in [2.24, 2.45) is 0 Å². The molecule has 11 heteroatoms. The summed E-state index contributed by atoms with van der Waals surface area (Å²) in [5, 5.41) is 10.6. The second kappa shape index (κ2) is 11.5. The minimum absolute atomic E-state index is 0.0251. The molecule has 0 aliphatic carbocycles. The summed E-state index contributed by atoms with van der Waals surface area (Å²) in [7, 11) is 1.57. The minimum atomic E-state index is -0.557. The first kappa shape index (κ1) is 25.0. The lowest BCUT2D eigenvalue weighted by molar-refractivity contribution is -0.132. The number of ether oxygens (including phenoxy) is 1. The largest absolute Gasteiger partial charge is 0.486 e. The normalized spacial score (nSPS) is 11.6. The van der Waals surface area contributed by atoms with E-state index >= 15 is 0 Å². The molecule has 9 nitrogen and oxygen atoms in total. The molecule has 0 spiro atoms. The second-order valence-corrected chi connectivity index (χ2v) is 8.83. The molecule has 2 amide bonds. The number of rotatable bonds is 10. The van der Waals surface area contributed by atoms with Crippen LogP contribution in [-0.2, 0) is 22.6 Å². The van der Waals surface area contributed by atoms with Crippen LogP contribution in [0.1, 0.15) is 25.2 Å². The number of aromatic nitrogens is 3. The lowest BCUT2D eigenvalue weighted by atomic mass is 10.1. The van der Waals surface area contributed by atoms with Gasteiger partial charge in [0.05, 0.1) is 11.8 Å². The summed E-state index contributed by atoms with van der Waals surface area (Å²) < 4.78 is 19.8. The fourth-order valence-electron chi connectivity index (χ4n) is 3.12. The number of amides is 2. The number of carbonyl (C=O) groups excluding carboxylic acids is 2. The molecule has 1 atom stereocenters. The van der Waals surface area contributed by atoms with Gasteiger partial charge in [0.2, 0.25) is 17.0 Å². The van der Waals surface area contributed by atoms with Gasteiger partial charge in [0.25, 0.3) is 0 Å². The predicted octanol–water partition coefficient (Wildman–Crippen LogP) is 2.85. The lowest BCUT2D eigenvalue weighted by Crippen LogP contribution is -2.39. The van der Waals surface area contributed by atoms with Crippen molar-refractivity contribution < 1.29 is 18.7 Å². The molecule has 0 bridgehead atoms. The van der Waals surface area contributed by atoms with Crippen molar-refractivity contribution in [2.75, 3.05) is 24.8 Å². The maximum Gasteiger partial charge on any atom is 0.243 e. The Balaban J connectivity index is 1.53. The third-order valence-corrected chi connectivity index (χ3v) is 6.02. The number of benzene rings is 2. The second-order valence-electron chi connectivity index (χ2n) is 7.52. The number of hydrogen-bond acceptors (Lipinski definition) is 7. The molecule has 3 N–H and O–H groups in total. The Bertz CT molecular complexity index is 1140. The molecule has 34 heavy (non-hydrogen) atoms. The van der Waals surface area contributed by atoms with Gasteiger partial charge in [-0.25, -0.2) is 9.07 Å². The van der Waals surface area contributed by atoms with Crippen LogP contribution in [0.2, 0.25) is 0 Å². The Morgan fingerprint density at radius 1 is 1.21 bits per heavy atom. The van der Waals surface area contributed by atoms with E-state index in [0.29, 0.717) is 16.7 Å². The molecule has 1 unspecified atom stereocenters. The molecule has 1 aromatic heterocycles. The fourth-order valence-corrected chi connectivity index (χ4v) is 4.02. The molecule has 0 aliphatic rings. The summed E-state index contributed by atoms with van der Waals surface area (Å²) in [6, 6.07) is 13.1. The van der Waals surface area contributed by atoms with Crippen molar-refractivity contribution in [3.8, 4) is 5.75 Å².